The predicted molar refractivity (Wildman–Crippen MR) is 111 cm³/mol. The van der Waals surface area contributed by atoms with E-state index in [2.05, 4.69) is 27.9 Å². The van der Waals surface area contributed by atoms with E-state index in [-0.39, 0.29) is 18.0 Å². The third-order valence-electron chi connectivity index (χ3n) is 3.77. The standard InChI is InChI=1S/C19H17IN2O4S/c20-15-8-10-16(11-9-15)22(27(24,25)18-6-2-1-3-7-18)14-19(23)21-13-17-5-4-12-26-17/h1-12H,13-14H2,(H,21,23). The van der Waals surface area contributed by atoms with Crippen molar-refractivity contribution in [3.8, 4) is 0 Å². The highest BCUT2D eigenvalue weighted by Crippen LogP contribution is 2.24. The van der Waals surface area contributed by atoms with Gasteiger partial charge in [0.05, 0.1) is 23.4 Å². The minimum atomic E-state index is -3.89. The summed E-state index contributed by atoms with van der Waals surface area (Å²) in [6, 6.07) is 18.5. The van der Waals surface area contributed by atoms with Gasteiger partial charge < -0.3 is 9.73 Å². The number of hydrogen-bond acceptors (Lipinski definition) is 4. The van der Waals surface area contributed by atoms with E-state index in [9.17, 15) is 13.2 Å². The van der Waals surface area contributed by atoms with Crippen molar-refractivity contribution in [3.63, 3.8) is 0 Å². The van der Waals surface area contributed by atoms with Crippen LogP contribution in [0.5, 0.6) is 0 Å². The van der Waals surface area contributed by atoms with E-state index in [4.69, 9.17) is 4.42 Å². The van der Waals surface area contributed by atoms with Gasteiger partial charge in [0.15, 0.2) is 0 Å². The Morgan fingerprint density at radius 2 is 1.70 bits per heavy atom. The lowest BCUT2D eigenvalue weighted by molar-refractivity contribution is -0.119. The van der Waals surface area contributed by atoms with Crippen LogP contribution in [0.2, 0.25) is 0 Å². The van der Waals surface area contributed by atoms with Crippen LogP contribution in [-0.2, 0) is 21.4 Å². The molecule has 3 aromatic rings. The van der Waals surface area contributed by atoms with Gasteiger partial charge in [0, 0.05) is 3.57 Å². The molecule has 6 nitrogen and oxygen atoms in total. The number of nitrogens with one attached hydrogen (secondary N) is 1. The first-order chi connectivity index (χ1) is 13.0. The van der Waals surface area contributed by atoms with E-state index >= 15 is 0 Å². The van der Waals surface area contributed by atoms with Crippen LogP contribution in [0.3, 0.4) is 0 Å². The number of hydrogen-bond donors (Lipinski definition) is 1. The second-order valence-electron chi connectivity index (χ2n) is 5.66. The van der Waals surface area contributed by atoms with Gasteiger partial charge in [0.2, 0.25) is 5.91 Å². The third-order valence-corrected chi connectivity index (χ3v) is 6.28. The van der Waals surface area contributed by atoms with Gasteiger partial charge in [-0.15, -0.1) is 0 Å². The van der Waals surface area contributed by atoms with Crippen LogP contribution < -0.4 is 9.62 Å². The van der Waals surface area contributed by atoms with Crippen LogP contribution in [0.25, 0.3) is 0 Å². The molecule has 0 radical (unpaired) electrons. The van der Waals surface area contributed by atoms with E-state index in [1.165, 1.54) is 18.4 Å². The molecule has 0 spiro atoms. The Hall–Kier alpha value is -2.33. The summed E-state index contributed by atoms with van der Waals surface area (Å²) in [6.07, 6.45) is 1.51. The Balaban J connectivity index is 1.86. The second-order valence-corrected chi connectivity index (χ2v) is 8.77. The van der Waals surface area contributed by atoms with Gasteiger partial charge in [-0.3, -0.25) is 9.10 Å². The normalized spacial score (nSPS) is 11.1. The zero-order valence-corrected chi connectivity index (χ0v) is 17.2. The Morgan fingerprint density at radius 1 is 1.00 bits per heavy atom. The molecule has 1 amide bonds. The first-order valence-corrected chi connectivity index (χ1v) is 10.6. The van der Waals surface area contributed by atoms with E-state index < -0.39 is 15.9 Å². The predicted octanol–water partition coefficient (Wildman–Crippen LogP) is 3.40. The van der Waals surface area contributed by atoms with Crippen molar-refractivity contribution in [2.24, 2.45) is 0 Å². The average Bonchev–Trinajstić information content (AvgIpc) is 3.19. The maximum absolute atomic E-state index is 13.1. The summed E-state index contributed by atoms with van der Waals surface area (Å²) in [5.41, 5.74) is 0.424. The molecule has 0 unspecified atom stereocenters. The Bertz CT molecular complexity index is 988. The first kappa shape index (κ1) is 19.4. The molecule has 0 bridgehead atoms. The summed E-state index contributed by atoms with van der Waals surface area (Å²) in [5.74, 6) is 0.166. The molecular formula is C19H17IN2O4S. The van der Waals surface area contributed by atoms with Gasteiger partial charge in [0.1, 0.15) is 12.3 Å². The number of carbonyl (C=O) groups excluding carboxylic acids is 1. The monoisotopic (exact) mass is 496 g/mol. The summed E-state index contributed by atoms with van der Waals surface area (Å²) in [6.45, 7) is -0.143. The molecule has 0 aliphatic rings. The molecule has 0 fully saturated rings. The van der Waals surface area contributed by atoms with Crippen molar-refractivity contribution in [2.45, 2.75) is 11.4 Å². The van der Waals surface area contributed by atoms with Gasteiger partial charge >= 0.3 is 0 Å². The molecule has 1 N–H and O–H groups in total. The number of halogens is 1. The van der Waals surface area contributed by atoms with Crippen molar-refractivity contribution in [2.75, 3.05) is 10.8 Å². The molecule has 2 aromatic carbocycles. The molecule has 0 saturated heterocycles. The van der Waals surface area contributed by atoms with Gasteiger partial charge in [-0.1, -0.05) is 18.2 Å². The highest BCUT2D eigenvalue weighted by atomic mass is 127. The molecule has 0 atom stereocenters. The Kier molecular flexibility index (Phi) is 6.17. The Labute approximate surface area is 171 Å². The maximum Gasteiger partial charge on any atom is 0.264 e. The summed E-state index contributed by atoms with van der Waals surface area (Å²) in [5, 5.41) is 2.68. The van der Waals surface area contributed by atoms with Crippen molar-refractivity contribution in [1.82, 2.24) is 5.32 Å². The van der Waals surface area contributed by atoms with Gasteiger partial charge in [-0.25, -0.2) is 8.42 Å². The molecule has 0 aliphatic heterocycles. The molecule has 0 saturated carbocycles. The lowest BCUT2D eigenvalue weighted by atomic mass is 10.3. The SMILES string of the molecule is O=C(CN(c1ccc(I)cc1)S(=O)(=O)c1ccccc1)NCc1ccco1. The van der Waals surface area contributed by atoms with Crippen LogP contribution >= 0.6 is 22.6 Å². The maximum atomic E-state index is 13.1. The lowest BCUT2D eigenvalue weighted by Gasteiger charge is -2.24. The molecule has 1 aromatic heterocycles. The number of anilines is 1. The lowest BCUT2D eigenvalue weighted by Crippen LogP contribution is -2.40. The minimum Gasteiger partial charge on any atom is -0.467 e. The number of furan rings is 1. The fourth-order valence-electron chi connectivity index (χ4n) is 2.43. The highest BCUT2D eigenvalue weighted by molar-refractivity contribution is 14.1. The van der Waals surface area contributed by atoms with E-state index in [0.717, 1.165) is 7.88 Å². The summed E-state index contributed by atoms with van der Waals surface area (Å²) in [7, 11) is -3.89. The van der Waals surface area contributed by atoms with Crippen LogP contribution in [0.4, 0.5) is 5.69 Å². The van der Waals surface area contributed by atoms with Crippen molar-refractivity contribution in [3.05, 3.63) is 82.3 Å². The highest BCUT2D eigenvalue weighted by Gasteiger charge is 2.27. The van der Waals surface area contributed by atoms with Crippen LogP contribution in [0, 0.1) is 3.57 Å². The second kappa shape index (κ2) is 8.57. The fraction of sp³-hybridized carbons (Fsp3) is 0.105. The van der Waals surface area contributed by atoms with E-state index in [1.807, 2.05) is 0 Å². The largest absolute Gasteiger partial charge is 0.467 e. The smallest absolute Gasteiger partial charge is 0.264 e. The van der Waals surface area contributed by atoms with E-state index in [1.54, 1.807) is 54.6 Å². The summed E-state index contributed by atoms with van der Waals surface area (Å²) < 4.78 is 33.5. The van der Waals surface area contributed by atoms with Crippen molar-refractivity contribution >= 4 is 44.2 Å². The number of sulfonamides is 1. The molecule has 140 valence electrons. The molecule has 1 heterocycles. The molecular weight excluding hydrogens is 479 g/mol. The zero-order valence-electron chi connectivity index (χ0n) is 14.2. The third kappa shape index (κ3) is 4.89. The summed E-state index contributed by atoms with van der Waals surface area (Å²) >= 11 is 2.14. The molecule has 27 heavy (non-hydrogen) atoms. The van der Waals surface area contributed by atoms with E-state index in [0.29, 0.717) is 11.4 Å². The van der Waals surface area contributed by atoms with Gasteiger partial charge in [-0.2, -0.15) is 0 Å². The number of benzene rings is 2. The molecule has 3 rings (SSSR count). The van der Waals surface area contributed by atoms with Crippen molar-refractivity contribution < 1.29 is 17.6 Å². The number of rotatable bonds is 7. The minimum absolute atomic E-state index is 0.127. The van der Waals surface area contributed by atoms with Crippen molar-refractivity contribution in [1.29, 1.82) is 0 Å². The van der Waals surface area contributed by atoms with Gasteiger partial charge in [-0.05, 0) is 71.1 Å². The first-order valence-electron chi connectivity index (χ1n) is 8.09. The number of amides is 1. The summed E-state index contributed by atoms with van der Waals surface area (Å²) in [4.78, 5) is 12.5. The average molecular weight is 496 g/mol. The number of carbonyl (C=O) groups is 1. The van der Waals surface area contributed by atoms with Crippen LogP contribution in [0.1, 0.15) is 5.76 Å². The zero-order chi connectivity index (χ0) is 19.3. The topological polar surface area (TPSA) is 79.6 Å². The quantitative estimate of drug-likeness (QED) is 0.509. The fourth-order valence-corrected chi connectivity index (χ4v) is 4.23. The van der Waals surface area contributed by atoms with Gasteiger partial charge in [0.25, 0.3) is 10.0 Å². The van der Waals surface area contributed by atoms with Crippen LogP contribution in [0.15, 0.2) is 82.3 Å². The number of nitrogens with zero attached hydrogens (tertiary/aromatic N) is 1. The Morgan fingerprint density at radius 3 is 2.33 bits per heavy atom. The molecule has 8 heteroatoms. The molecule has 0 aliphatic carbocycles. The van der Waals surface area contributed by atoms with Crippen LogP contribution in [-0.4, -0.2) is 20.9 Å².